The predicted octanol–water partition coefficient (Wildman–Crippen LogP) is 3.40. The molecule has 2 heterocycles. The summed E-state index contributed by atoms with van der Waals surface area (Å²) in [6, 6.07) is 7.17. The van der Waals surface area contributed by atoms with E-state index < -0.39 is 10.0 Å². The Morgan fingerprint density at radius 1 is 1.09 bits per heavy atom. The van der Waals surface area contributed by atoms with Crippen LogP contribution in [0, 0.1) is 17.2 Å². The SMILES string of the molecule is C[C@@H]1CN(C(=O)[C@H]2CC[C@H](NS(=O)(=O)c3ccc4c(C#N)c(C5CC5)n(C)c4c3)CC2)C[C@H](C)O1. The van der Waals surface area contributed by atoms with E-state index in [1.54, 1.807) is 18.2 Å². The lowest BCUT2D eigenvalue weighted by molar-refractivity contribution is -0.148. The number of hydrogen-bond acceptors (Lipinski definition) is 5. The average Bonchev–Trinajstić information content (AvgIpc) is 3.62. The van der Waals surface area contributed by atoms with Gasteiger partial charge in [0, 0.05) is 49.1 Å². The maximum absolute atomic E-state index is 13.2. The smallest absolute Gasteiger partial charge is 0.240 e. The molecule has 0 spiro atoms. The number of morpholine rings is 1. The summed E-state index contributed by atoms with van der Waals surface area (Å²) in [6.45, 7) is 5.21. The first-order valence-corrected chi connectivity index (χ1v) is 14.1. The number of carbonyl (C=O) groups is 1. The Morgan fingerprint density at radius 2 is 1.74 bits per heavy atom. The van der Waals surface area contributed by atoms with E-state index in [9.17, 15) is 18.5 Å². The zero-order valence-electron chi connectivity index (χ0n) is 20.7. The minimum atomic E-state index is -3.71. The summed E-state index contributed by atoms with van der Waals surface area (Å²) in [5, 5.41) is 10.5. The standard InChI is InChI=1S/C26H34N4O4S/c1-16-14-30(15-17(2)34-16)26(31)19-6-8-20(9-7-19)28-35(32,33)21-10-11-22-23(13-27)25(18-4-5-18)29(3)24(22)12-21/h10-12,16-20,28H,4-9,14-15H2,1-3H3/t16-,17+,19-,20-. The number of aryl methyl sites for hydroxylation is 1. The molecule has 2 saturated carbocycles. The molecule has 9 heteroatoms. The lowest BCUT2D eigenvalue weighted by Gasteiger charge is -2.38. The van der Waals surface area contributed by atoms with Gasteiger partial charge in [-0.3, -0.25) is 4.79 Å². The number of nitriles is 1. The van der Waals surface area contributed by atoms with Crippen LogP contribution in [-0.2, 0) is 26.6 Å². The van der Waals surface area contributed by atoms with Gasteiger partial charge in [0.2, 0.25) is 15.9 Å². The third-order valence-corrected chi connectivity index (χ3v) is 9.25. The Hall–Kier alpha value is -2.41. The highest BCUT2D eigenvalue weighted by Crippen LogP contribution is 2.44. The monoisotopic (exact) mass is 498 g/mol. The number of amides is 1. The van der Waals surface area contributed by atoms with Crippen LogP contribution in [-0.4, -0.2) is 55.1 Å². The highest BCUT2D eigenvalue weighted by atomic mass is 32.2. The Bertz CT molecular complexity index is 1270. The van der Waals surface area contributed by atoms with Crippen molar-refractivity contribution in [3.05, 3.63) is 29.5 Å². The zero-order valence-corrected chi connectivity index (χ0v) is 21.5. The molecule has 2 atom stereocenters. The van der Waals surface area contributed by atoms with Gasteiger partial charge in [-0.25, -0.2) is 13.1 Å². The topological polar surface area (TPSA) is 104 Å². The molecule has 0 bridgehead atoms. The highest BCUT2D eigenvalue weighted by molar-refractivity contribution is 7.89. The van der Waals surface area contributed by atoms with E-state index in [2.05, 4.69) is 10.8 Å². The number of nitrogens with one attached hydrogen (secondary N) is 1. The van der Waals surface area contributed by atoms with Crippen LogP contribution in [0.15, 0.2) is 23.1 Å². The molecule has 1 aromatic heterocycles. The molecule has 1 amide bonds. The summed E-state index contributed by atoms with van der Waals surface area (Å²) in [4.78, 5) is 15.2. The average molecular weight is 499 g/mol. The molecule has 5 rings (SSSR count). The predicted molar refractivity (Wildman–Crippen MR) is 132 cm³/mol. The fraction of sp³-hybridized carbons (Fsp3) is 0.615. The van der Waals surface area contributed by atoms with Crippen molar-refractivity contribution >= 4 is 26.8 Å². The van der Waals surface area contributed by atoms with E-state index in [1.165, 1.54) is 0 Å². The maximum atomic E-state index is 13.2. The first kappa shape index (κ1) is 24.3. The van der Waals surface area contributed by atoms with E-state index in [4.69, 9.17) is 4.74 Å². The molecule has 3 fully saturated rings. The number of hydrogen-bond donors (Lipinski definition) is 1. The second-order valence-corrected chi connectivity index (χ2v) is 12.3. The molecule has 0 unspecified atom stereocenters. The van der Waals surface area contributed by atoms with Crippen molar-refractivity contribution in [1.29, 1.82) is 5.26 Å². The molecule has 188 valence electrons. The lowest BCUT2D eigenvalue weighted by atomic mass is 9.85. The second-order valence-electron chi connectivity index (χ2n) is 10.6. The van der Waals surface area contributed by atoms with Crippen molar-refractivity contribution < 1.29 is 17.9 Å². The molecule has 1 saturated heterocycles. The Morgan fingerprint density at radius 3 is 2.34 bits per heavy atom. The van der Waals surface area contributed by atoms with Crippen molar-refractivity contribution in [2.45, 2.75) is 81.4 Å². The van der Waals surface area contributed by atoms with Gasteiger partial charge in [0.25, 0.3) is 0 Å². The van der Waals surface area contributed by atoms with Crippen LogP contribution >= 0.6 is 0 Å². The number of sulfonamides is 1. The van der Waals surface area contributed by atoms with Crippen LogP contribution in [0.3, 0.4) is 0 Å². The summed E-state index contributed by atoms with van der Waals surface area (Å²) >= 11 is 0. The number of benzene rings is 1. The van der Waals surface area contributed by atoms with E-state index in [0.29, 0.717) is 50.3 Å². The van der Waals surface area contributed by atoms with Crippen LogP contribution in [0.1, 0.15) is 69.5 Å². The first-order chi connectivity index (χ1) is 16.7. The van der Waals surface area contributed by atoms with E-state index >= 15 is 0 Å². The number of ether oxygens (including phenoxy) is 1. The molecular formula is C26H34N4O4S. The number of carbonyl (C=O) groups excluding carboxylic acids is 1. The van der Waals surface area contributed by atoms with Gasteiger partial charge in [0.15, 0.2) is 0 Å². The largest absolute Gasteiger partial charge is 0.372 e. The van der Waals surface area contributed by atoms with Crippen molar-refractivity contribution in [1.82, 2.24) is 14.2 Å². The molecule has 0 radical (unpaired) electrons. The Balaban J connectivity index is 1.26. The van der Waals surface area contributed by atoms with Crippen LogP contribution in [0.25, 0.3) is 10.9 Å². The third-order valence-electron chi connectivity index (χ3n) is 7.73. The van der Waals surface area contributed by atoms with Gasteiger partial charge >= 0.3 is 0 Å². The molecule has 8 nitrogen and oxygen atoms in total. The minimum absolute atomic E-state index is 0.0389. The number of nitrogens with zero attached hydrogens (tertiary/aromatic N) is 3. The molecule has 2 aliphatic carbocycles. The maximum Gasteiger partial charge on any atom is 0.240 e. The van der Waals surface area contributed by atoms with Crippen LogP contribution < -0.4 is 4.72 Å². The highest BCUT2D eigenvalue weighted by Gasteiger charge is 2.35. The molecule has 35 heavy (non-hydrogen) atoms. The van der Waals surface area contributed by atoms with E-state index in [0.717, 1.165) is 29.4 Å². The number of aromatic nitrogens is 1. The van der Waals surface area contributed by atoms with Gasteiger partial charge in [-0.05, 0) is 64.5 Å². The van der Waals surface area contributed by atoms with E-state index in [1.807, 2.05) is 30.4 Å². The van der Waals surface area contributed by atoms with Gasteiger partial charge in [-0.15, -0.1) is 0 Å². The second kappa shape index (κ2) is 9.23. The van der Waals surface area contributed by atoms with Crippen molar-refractivity contribution in [2.75, 3.05) is 13.1 Å². The lowest BCUT2D eigenvalue weighted by Crippen LogP contribution is -2.51. The Labute approximate surface area is 207 Å². The molecular weight excluding hydrogens is 464 g/mol. The van der Waals surface area contributed by atoms with Crippen molar-refractivity contribution in [3.8, 4) is 6.07 Å². The summed E-state index contributed by atoms with van der Waals surface area (Å²) in [5.41, 5.74) is 2.45. The molecule has 3 aliphatic rings. The number of rotatable bonds is 5. The summed E-state index contributed by atoms with van der Waals surface area (Å²) in [6.07, 6.45) is 4.86. The van der Waals surface area contributed by atoms with Gasteiger partial charge in [0.05, 0.1) is 28.2 Å². The summed E-state index contributed by atoms with van der Waals surface area (Å²) in [5.74, 6) is 0.502. The van der Waals surface area contributed by atoms with Crippen LogP contribution in [0.5, 0.6) is 0 Å². The summed E-state index contributed by atoms with van der Waals surface area (Å²) < 4.78 is 37.0. The number of fused-ring (bicyclic) bond motifs is 1. The summed E-state index contributed by atoms with van der Waals surface area (Å²) in [7, 11) is -1.80. The fourth-order valence-corrected chi connectivity index (χ4v) is 7.24. The first-order valence-electron chi connectivity index (χ1n) is 12.7. The van der Waals surface area contributed by atoms with Gasteiger partial charge < -0.3 is 14.2 Å². The Kier molecular flexibility index (Phi) is 6.41. The van der Waals surface area contributed by atoms with Gasteiger partial charge in [-0.2, -0.15) is 5.26 Å². The fourth-order valence-electron chi connectivity index (χ4n) is 5.92. The molecule has 1 aliphatic heterocycles. The van der Waals surface area contributed by atoms with Crippen molar-refractivity contribution in [3.63, 3.8) is 0 Å². The molecule has 2 aromatic rings. The van der Waals surface area contributed by atoms with Crippen LogP contribution in [0.2, 0.25) is 0 Å². The zero-order chi connectivity index (χ0) is 24.9. The normalized spacial score (nSPS) is 27.7. The quantitative estimate of drug-likeness (QED) is 0.680. The minimum Gasteiger partial charge on any atom is -0.372 e. The molecule has 1 N–H and O–H groups in total. The third kappa shape index (κ3) is 4.72. The van der Waals surface area contributed by atoms with Crippen molar-refractivity contribution in [2.24, 2.45) is 13.0 Å². The van der Waals surface area contributed by atoms with Gasteiger partial charge in [-0.1, -0.05) is 6.07 Å². The van der Waals surface area contributed by atoms with Crippen LogP contribution in [0.4, 0.5) is 0 Å². The molecule has 1 aromatic carbocycles. The van der Waals surface area contributed by atoms with E-state index in [-0.39, 0.29) is 35.0 Å². The van der Waals surface area contributed by atoms with Gasteiger partial charge in [0.1, 0.15) is 6.07 Å².